The summed E-state index contributed by atoms with van der Waals surface area (Å²) in [5.41, 5.74) is 0. The zero-order chi connectivity index (χ0) is 10.7. The molecule has 15 heavy (non-hydrogen) atoms. The van der Waals surface area contributed by atoms with Crippen LogP contribution in [-0.2, 0) is 0 Å². The van der Waals surface area contributed by atoms with E-state index >= 15 is 0 Å². The van der Waals surface area contributed by atoms with Crippen LogP contribution in [0.15, 0.2) is 35.2 Å². The van der Waals surface area contributed by atoms with Crippen molar-refractivity contribution in [2.24, 2.45) is 0 Å². The Hall–Kier alpha value is -1.36. The Morgan fingerprint density at radius 2 is 2.33 bits per heavy atom. The van der Waals surface area contributed by atoms with Crippen LogP contribution in [0.3, 0.4) is 0 Å². The van der Waals surface area contributed by atoms with Crippen LogP contribution >= 0.6 is 15.9 Å². The van der Waals surface area contributed by atoms with Crippen molar-refractivity contribution in [3.05, 3.63) is 35.2 Å². The lowest BCUT2D eigenvalue weighted by Crippen LogP contribution is -1.97. The van der Waals surface area contributed by atoms with Crippen LogP contribution in [0.1, 0.15) is 6.92 Å². The minimum atomic E-state index is 0.637. The van der Waals surface area contributed by atoms with Crippen LogP contribution in [0.2, 0.25) is 0 Å². The van der Waals surface area contributed by atoms with Crippen LogP contribution in [0.4, 0.5) is 0 Å². The highest BCUT2D eigenvalue weighted by Gasteiger charge is 2.02. The van der Waals surface area contributed by atoms with E-state index in [1.54, 1.807) is 17.1 Å². The predicted octanol–water partition coefficient (Wildman–Crippen LogP) is 2.43. The van der Waals surface area contributed by atoms with Gasteiger partial charge in [0.05, 0.1) is 19.0 Å². The van der Waals surface area contributed by atoms with Crippen molar-refractivity contribution in [1.82, 2.24) is 14.8 Å². The molecule has 0 aromatic carbocycles. The first-order chi connectivity index (χ1) is 7.29. The molecule has 0 radical (unpaired) electrons. The Labute approximate surface area is 96.0 Å². The molecule has 4 nitrogen and oxygen atoms in total. The van der Waals surface area contributed by atoms with Gasteiger partial charge in [-0.1, -0.05) is 6.07 Å². The number of rotatable bonds is 3. The predicted molar refractivity (Wildman–Crippen MR) is 60.2 cm³/mol. The topological polar surface area (TPSA) is 39.9 Å². The highest BCUT2D eigenvalue weighted by atomic mass is 79.9. The first-order valence-corrected chi connectivity index (χ1v) is 5.39. The van der Waals surface area contributed by atoms with Gasteiger partial charge < -0.3 is 4.74 Å². The molecule has 2 heterocycles. The van der Waals surface area contributed by atoms with Crippen molar-refractivity contribution >= 4 is 15.9 Å². The average Bonchev–Trinajstić information content (AvgIpc) is 2.67. The van der Waals surface area contributed by atoms with E-state index in [0.29, 0.717) is 6.61 Å². The van der Waals surface area contributed by atoms with Crippen molar-refractivity contribution in [3.8, 4) is 11.6 Å². The maximum atomic E-state index is 5.32. The van der Waals surface area contributed by atoms with Crippen LogP contribution < -0.4 is 4.74 Å². The molecule has 0 atom stereocenters. The monoisotopic (exact) mass is 267 g/mol. The third-order valence-corrected chi connectivity index (χ3v) is 2.25. The van der Waals surface area contributed by atoms with E-state index in [-0.39, 0.29) is 0 Å². The molecular weight excluding hydrogens is 258 g/mol. The molecule has 0 saturated heterocycles. The zero-order valence-electron chi connectivity index (χ0n) is 8.22. The Morgan fingerprint density at radius 3 is 3.07 bits per heavy atom. The number of pyridine rings is 1. The van der Waals surface area contributed by atoms with Crippen molar-refractivity contribution in [2.75, 3.05) is 6.61 Å². The van der Waals surface area contributed by atoms with Crippen LogP contribution in [0, 0.1) is 0 Å². The molecule has 0 saturated carbocycles. The summed E-state index contributed by atoms with van der Waals surface area (Å²) >= 11 is 3.31. The molecule has 0 N–H and O–H groups in total. The lowest BCUT2D eigenvalue weighted by molar-refractivity contribution is 0.340. The second kappa shape index (κ2) is 4.44. The molecule has 0 aliphatic rings. The third-order valence-electron chi connectivity index (χ3n) is 1.81. The van der Waals surface area contributed by atoms with Gasteiger partial charge in [-0.2, -0.15) is 5.10 Å². The standard InChI is InChI=1S/C10H10BrN3O/c1-2-15-8-6-12-14(7-8)10-5-3-4-9(11)13-10/h3-7H,2H2,1H3. The second-order valence-corrected chi connectivity index (χ2v) is 3.68. The first kappa shape index (κ1) is 10.2. The highest BCUT2D eigenvalue weighted by molar-refractivity contribution is 9.10. The Kier molecular flexibility index (Phi) is 3.01. The van der Waals surface area contributed by atoms with Gasteiger partial charge in [0, 0.05) is 0 Å². The Morgan fingerprint density at radius 1 is 1.47 bits per heavy atom. The smallest absolute Gasteiger partial charge is 0.157 e. The number of hydrogen-bond donors (Lipinski definition) is 0. The minimum Gasteiger partial charge on any atom is -0.491 e. The van der Waals surface area contributed by atoms with Gasteiger partial charge in [0.15, 0.2) is 11.6 Å². The van der Waals surface area contributed by atoms with Gasteiger partial charge in [0.1, 0.15) is 4.60 Å². The van der Waals surface area contributed by atoms with E-state index in [0.717, 1.165) is 16.2 Å². The summed E-state index contributed by atoms with van der Waals surface area (Å²) in [6, 6.07) is 5.67. The van der Waals surface area contributed by atoms with Gasteiger partial charge in [-0.15, -0.1) is 0 Å². The molecule has 5 heteroatoms. The fraction of sp³-hybridized carbons (Fsp3) is 0.200. The molecule has 0 unspecified atom stereocenters. The summed E-state index contributed by atoms with van der Waals surface area (Å²) in [6.45, 7) is 2.58. The van der Waals surface area contributed by atoms with Gasteiger partial charge in [-0.25, -0.2) is 9.67 Å². The molecule has 2 aromatic rings. The van der Waals surface area contributed by atoms with E-state index < -0.39 is 0 Å². The van der Waals surface area contributed by atoms with Crippen molar-refractivity contribution in [3.63, 3.8) is 0 Å². The van der Waals surface area contributed by atoms with Crippen molar-refractivity contribution < 1.29 is 4.74 Å². The lowest BCUT2D eigenvalue weighted by Gasteiger charge is -1.99. The molecule has 0 aliphatic carbocycles. The fourth-order valence-corrected chi connectivity index (χ4v) is 1.53. The summed E-state index contributed by atoms with van der Waals surface area (Å²) < 4.78 is 7.78. The molecule has 0 amide bonds. The van der Waals surface area contributed by atoms with Crippen molar-refractivity contribution in [1.29, 1.82) is 0 Å². The van der Waals surface area contributed by atoms with E-state index in [1.807, 2.05) is 25.1 Å². The van der Waals surface area contributed by atoms with E-state index in [2.05, 4.69) is 26.0 Å². The molecule has 0 bridgehead atoms. The molecule has 0 aliphatic heterocycles. The van der Waals surface area contributed by atoms with Gasteiger partial charge in [-0.3, -0.25) is 0 Å². The molecular formula is C10H10BrN3O. The molecule has 2 aromatic heterocycles. The van der Waals surface area contributed by atoms with Gasteiger partial charge >= 0.3 is 0 Å². The van der Waals surface area contributed by atoms with Gasteiger partial charge in [-0.05, 0) is 35.0 Å². The average molecular weight is 268 g/mol. The van der Waals surface area contributed by atoms with Crippen LogP contribution in [-0.4, -0.2) is 21.4 Å². The molecule has 0 spiro atoms. The summed E-state index contributed by atoms with van der Waals surface area (Å²) in [7, 11) is 0. The largest absolute Gasteiger partial charge is 0.491 e. The minimum absolute atomic E-state index is 0.637. The number of halogens is 1. The van der Waals surface area contributed by atoms with Gasteiger partial charge in [0.25, 0.3) is 0 Å². The lowest BCUT2D eigenvalue weighted by atomic mass is 10.5. The number of hydrogen-bond acceptors (Lipinski definition) is 3. The highest BCUT2D eigenvalue weighted by Crippen LogP contribution is 2.14. The molecule has 0 fully saturated rings. The zero-order valence-corrected chi connectivity index (χ0v) is 9.81. The number of ether oxygens (including phenoxy) is 1. The quantitative estimate of drug-likeness (QED) is 0.802. The van der Waals surface area contributed by atoms with Crippen LogP contribution in [0.25, 0.3) is 5.82 Å². The summed E-state index contributed by atoms with van der Waals surface area (Å²) in [6.07, 6.45) is 3.48. The normalized spacial score (nSPS) is 10.3. The second-order valence-electron chi connectivity index (χ2n) is 2.87. The van der Waals surface area contributed by atoms with Crippen LogP contribution in [0.5, 0.6) is 5.75 Å². The fourth-order valence-electron chi connectivity index (χ4n) is 1.20. The Balaban J connectivity index is 2.29. The summed E-state index contributed by atoms with van der Waals surface area (Å²) in [4.78, 5) is 4.28. The SMILES string of the molecule is CCOc1cnn(-c2cccc(Br)n2)c1. The maximum absolute atomic E-state index is 5.32. The van der Waals surface area contributed by atoms with E-state index in [1.165, 1.54) is 0 Å². The first-order valence-electron chi connectivity index (χ1n) is 4.60. The van der Waals surface area contributed by atoms with E-state index in [9.17, 15) is 0 Å². The maximum Gasteiger partial charge on any atom is 0.157 e. The Bertz CT molecular complexity index is 455. The van der Waals surface area contributed by atoms with Gasteiger partial charge in [0.2, 0.25) is 0 Å². The number of nitrogens with zero attached hydrogens (tertiary/aromatic N) is 3. The van der Waals surface area contributed by atoms with Crippen molar-refractivity contribution in [2.45, 2.75) is 6.92 Å². The number of aromatic nitrogens is 3. The van der Waals surface area contributed by atoms with E-state index in [4.69, 9.17) is 4.74 Å². The summed E-state index contributed by atoms with van der Waals surface area (Å²) in [5.74, 6) is 1.51. The third kappa shape index (κ3) is 2.36. The summed E-state index contributed by atoms with van der Waals surface area (Å²) in [5, 5.41) is 4.15. The molecule has 2 rings (SSSR count). The molecule has 78 valence electrons.